The number of nitrogens with one attached hydrogen (secondary N) is 3. The Kier molecular flexibility index (Phi) is 5.70. The third-order valence-electron chi connectivity index (χ3n) is 7.25. The predicted molar refractivity (Wildman–Crippen MR) is 151 cm³/mol. The second-order valence-corrected chi connectivity index (χ2v) is 10.7. The van der Waals surface area contributed by atoms with E-state index in [0.717, 1.165) is 70.1 Å². The van der Waals surface area contributed by atoms with Gasteiger partial charge in [0.2, 0.25) is 5.91 Å². The highest BCUT2D eigenvalue weighted by molar-refractivity contribution is 7.13. The van der Waals surface area contributed by atoms with E-state index in [1.165, 1.54) is 11.3 Å². The van der Waals surface area contributed by atoms with Gasteiger partial charge in [-0.25, -0.2) is 4.98 Å². The number of aromatic nitrogens is 6. The number of fused-ring (bicyclic) bond motifs is 2. The zero-order valence-corrected chi connectivity index (χ0v) is 21.4. The van der Waals surface area contributed by atoms with Crippen LogP contribution in [0.15, 0.2) is 66.4 Å². The predicted octanol–water partition coefficient (Wildman–Crippen LogP) is 6.81. The largest absolute Gasteiger partial charge is 0.337 e. The maximum atomic E-state index is 12.8. The van der Waals surface area contributed by atoms with E-state index in [4.69, 9.17) is 4.98 Å². The molecule has 1 saturated carbocycles. The number of thiophene rings is 1. The van der Waals surface area contributed by atoms with Gasteiger partial charge in [-0.3, -0.25) is 19.9 Å². The lowest BCUT2D eigenvalue weighted by molar-refractivity contribution is -0.120. The van der Waals surface area contributed by atoms with Crippen LogP contribution >= 0.6 is 11.3 Å². The Morgan fingerprint density at radius 3 is 2.79 bits per heavy atom. The molecule has 7 rings (SSSR count). The van der Waals surface area contributed by atoms with Gasteiger partial charge in [-0.2, -0.15) is 5.10 Å². The van der Waals surface area contributed by atoms with E-state index in [0.29, 0.717) is 11.5 Å². The molecule has 1 aromatic carbocycles. The molecule has 9 heteroatoms. The highest BCUT2D eigenvalue weighted by Crippen LogP contribution is 2.34. The SMILES string of the molecule is O=C(Nc1cncc(-c2cc3c(-c4nc5c(-c6cccs6)cccc5[nH]4)n[nH]c3cn2)c1)C1CCCCC1. The van der Waals surface area contributed by atoms with Gasteiger partial charge in [-0.05, 0) is 42.5 Å². The van der Waals surface area contributed by atoms with Crippen molar-refractivity contribution in [1.29, 1.82) is 0 Å². The molecule has 0 atom stereocenters. The first-order valence-corrected chi connectivity index (χ1v) is 13.7. The molecule has 1 fully saturated rings. The molecule has 38 heavy (non-hydrogen) atoms. The normalized spacial score (nSPS) is 14.3. The van der Waals surface area contributed by atoms with Crippen LogP contribution in [0.3, 0.4) is 0 Å². The Morgan fingerprint density at radius 1 is 1.00 bits per heavy atom. The molecule has 0 aliphatic heterocycles. The molecule has 8 nitrogen and oxygen atoms in total. The van der Waals surface area contributed by atoms with E-state index < -0.39 is 0 Å². The number of carbonyl (C=O) groups is 1. The van der Waals surface area contributed by atoms with Gasteiger partial charge < -0.3 is 10.3 Å². The highest BCUT2D eigenvalue weighted by Gasteiger charge is 2.21. The Labute approximate surface area is 222 Å². The van der Waals surface area contributed by atoms with Crippen molar-refractivity contribution in [2.24, 2.45) is 5.92 Å². The average molecular weight is 520 g/mol. The van der Waals surface area contributed by atoms with E-state index in [-0.39, 0.29) is 11.8 Å². The van der Waals surface area contributed by atoms with Crippen molar-refractivity contribution in [2.45, 2.75) is 32.1 Å². The number of H-pyrrole nitrogens is 2. The van der Waals surface area contributed by atoms with Crippen molar-refractivity contribution in [3.05, 3.63) is 66.4 Å². The highest BCUT2D eigenvalue weighted by atomic mass is 32.1. The summed E-state index contributed by atoms with van der Waals surface area (Å²) in [6.45, 7) is 0. The minimum absolute atomic E-state index is 0.0796. The lowest BCUT2D eigenvalue weighted by Gasteiger charge is -2.20. The zero-order chi connectivity index (χ0) is 25.5. The summed E-state index contributed by atoms with van der Waals surface area (Å²) in [5.74, 6) is 0.856. The van der Waals surface area contributed by atoms with Crippen LogP contribution < -0.4 is 5.32 Å². The number of imidazole rings is 1. The molecule has 0 spiro atoms. The zero-order valence-electron chi connectivity index (χ0n) is 20.6. The van der Waals surface area contributed by atoms with Gasteiger partial charge in [0.25, 0.3) is 0 Å². The number of hydrogen-bond donors (Lipinski definition) is 3. The second kappa shape index (κ2) is 9.50. The van der Waals surface area contributed by atoms with E-state index in [2.05, 4.69) is 48.0 Å². The monoisotopic (exact) mass is 519 g/mol. The van der Waals surface area contributed by atoms with E-state index in [1.54, 1.807) is 29.9 Å². The molecule has 5 heterocycles. The minimum atomic E-state index is 0.0796. The summed E-state index contributed by atoms with van der Waals surface area (Å²) in [5, 5.41) is 13.7. The van der Waals surface area contributed by atoms with Crippen molar-refractivity contribution in [3.63, 3.8) is 0 Å². The number of nitrogens with zero attached hydrogens (tertiary/aromatic N) is 4. The number of aromatic amines is 2. The smallest absolute Gasteiger partial charge is 0.227 e. The quantitative estimate of drug-likeness (QED) is 0.232. The van der Waals surface area contributed by atoms with Crippen LogP contribution in [0, 0.1) is 5.92 Å². The molecule has 0 saturated heterocycles. The third kappa shape index (κ3) is 4.14. The molecule has 1 amide bonds. The first-order chi connectivity index (χ1) is 18.7. The summed E-state index contributed by atoms with van der Waals surface area (Å²) in [4.78, 5) is 31.3. The molecule has 0 unspecified atom stereocenters. The van der Waals surface area contributed by atoms with Crippen molar-refractivity contribution >= 4 is 44.9 Å². The summed E-state index contributed by atoms with van der Waals surface area (Å²) < 4.78 is 0. The first-order valence-electron chi connectivity index (χ1n) is 12.9. The van der Waals surface area contributed by atoms with Crippen LogP contribution in [0.1, 0.15) is 32.1 Å². The number of pyridine rings is 2. The Balaban J connectivity index is 1.23. The van der Waals surface area contributed by atoms with E-state index in [1.807, 2.05) is 30.3 Å². The number of carbonyl (C=O) groups excluding carboxylic acids is 1. The van der Waals surface area contributed by atoms with E-state index >= 15 is 0 Å². The fourth-order valence-electron chi connectivity index (χ4n) is 5.29. The summed E-state index contributed by atoms with van der Waals surface area (Å²) in [6.07, 6.45) is 10.6. The summed E-state index contributed by atoms with van der Waals surface area (Å²) in [5.41, 5.74) is 6.78. The van der Waals surface area contributed by atoms with Crippen LogP contribution in [0.2, 0.25) is 0 Å². The summed E-state index contributed by atoms with van der Waals surface area (Å²) >= 11 is 1.70. The number of rotatable bonds is 5. The number of amides is 1. The molecule has 1 aliphatic carbocycles. The molecule has 6 aromatic rings. The van der Waals surface area contributed by atoms with Crippen molar-refractivity contribution < 1.29 is 4.79 Å². The molecule has 188 valence electrons. The van der Waals surface area contributed by atoms with Gasteiger partial charge in [0.1, 0.15) is 5.69 Å². The third-order valence-corrected chi connectivity index (χ3v) is 8.15. The lowest BCUT2D eigenvalue weighted by Crippen LogP contribution is -2.24. The van der Waals surface area contributed by atoms with Gasteiger partial charge in [0.05, 0.1) is 40.3 Å². The average Bonchev–Trinajstić information content (AvgIpc) is 3.73. The van der Waals surface area contributed by atoms with Gasteiger partial charge in [0.15, 0.2) is 5.82 Å². The Morgan fingerprint density at radius 2 is 1.92 bits per heavy atom. The maximum Gasteiger partial charge on any atom is 0.227 e. The summed E-state index contributed by atoms with van der Waals surface area (Å²) in [7, 11) is 0. The first kappa shape index (κ1) is 22.8. The number of hydrogen-bond acceptors (Lipinski definition) is 6. The van der Waals surface area contributed by atoms with Gasteiger partial charge in [-0.1, -0.05) is 37.5 Å². The fourth-order valence-corrected chi connectivity index (χ4v) is 6.04. The van der Waals surface area contributed by atoms with Crippen LogP contribution in [0.4, 0.5) is 5.69 Å². The van der Waals surface area contributed by atoms with Crippen molar-refractivity contribution in [2.75, 3.05) is 5.32 Å². The van der Waals surface area contributed by atoms with Crippen molar-refractivity contribution in [1.82, 2.24) is 30.1 Å². The van der Waals surface area contributed by atoms with Crippen LogP contribution in [-0.2, 0) is 4.79 Å². The molecular weight excluding hydrogens is 494 g/mol. The van der Waals surface area contributed by atoms with Crippen LogP contribution in [0.25, 0.3) is 55.2 Å². The van der Waals surface area contributed by atoms with Crippen molar-refractivity contribution in [3.8, 4) is 33.2 Å². The van der Waals surface area contributed by atoms with E-state index in [9.17, 15) is 4.79 Å². The molecular formula is C29H25N7OS. The minimum Gasteiger partial charge on any atom is -0.337 e. The van der Waals surface area contributed by atoms with Gasteiger partial charge in [-0.15, -0.1) is 11.3 Å². The molecule has 5 aromatic heterocycles. The lowest BCUT2D eigenvalue weighted by atomic mass is 9.88. The Hall–Kier alpha value is -4.37. The number of benzene rings is 1. The topological polar surface area (TPSA) is 112 Å². The summed E-state index contributed by atoms with van der Waals surface area (Å²) in [6, 6.07) is 14.2. The molecule has 0 bridgehead atoms. The maximum absolute atomic E-state index is 12.8. The van der Waals surface area contributed by atoms with Crippen LogP contribution in [0.5, 0.6) is 0 Å². The fraction of sp³-hybridized carbons (Fsp3) is 0.207. The van der Waals surface area contributed by atoms with Gasteiger partial charge in [0, 0.05) is 33.5 Å². The molecule has 0 radical (unpaired) electrons. The standard InChI is InChI=1S/C29H25N7OS/c37-29(17-6-2-1-3-7-17)32-19-12-18(14-30-15-19)23-13-21-24(16-31-23)35-36-27(21)28-33-22-9-4-8-20(26(22)34-28)25-10-5-11-38-25/h4-5,8-17H,1-3,6-7H2,(H,32,37)(H,33,34)(H,35,36). The number of anilines is 1. The van der Waals surface area contributed by atoms with Gasteiger partial charge >= 0.3 is 0 Å². The number of para-hydroxylation sites is 1. The second-order valence-electron chi connectivity index (χ2n) is 9.74. The molecule has 3 N–H and O–H groups in total. The van der Waals surface area contributed by atoms with Crippen LogP contribution in [-0.4, -0.2) is 36.0 Å². The molecule has 1 aliphatic rings. The Bertz CT molecular complexity index is 1760.